The first-order valence-electron chi connectivity index (χ1n) is 24.5. The molecule has 0 spiro atoms. The molecule has 3 heterocycles. The third-order valence-corrected chi connectivity index (χ3v) is 12.1. The zero-order valence-electron chi connectivity index (χ0n) is 42.2. The lowest BCUT2D eigenvalue weighted by Crippen LogP contribution is -2.46. The lowest BCUT2D eigenvalue weighted by Gasteiger charge is -2.23. The highest BCUT2D eigenvalue weighted by Gasteiger charge is 2.42. The van der Waals surface area contributed by atoms with Gasteiger partial charge in [-0.3, -0.25) is 14.4 Å². The van der Waals surface area contributed by atoms with E-state index in [2.05, 4.69) is 31.6 Å². The third kappa shape index (κ3) is 25.8. The minimum Gasteiger partial charge on any atom is -0.467 e. The molecule has 0 unspecified atom stereocenters. The van der Waals surface area contributed by atoms with Crippen LogP contribution in [0.15, 0.2) is 42.6 Å². The van der Waals surface area contributed by atoms with Gasteiger partial charge in [0.2, 0.25) is 11.8 Å². The molecule has 23 heteroatoms. The molecular weight excluding hydrogens is 961 g/mol. The van der Waals surface area contributed by atoms with Crippen molar-refractivity contribution in [3.05, 3.63) is 53.7 Å². The Bertz CT molecular complexity index is 1880. The van der Waals surface area contributed by atoms with Crippen molar-refractivity contribution in [2.24, 2.45) is 0 Å². The number of ether oxygens (including phenoxy) is 11. The topological polar surface area (TPSA) is 260 Å². The molecule has 4 rings (SSSR count). The second kappa shape index (κ2) is 35.5. The van der Waals surface area contributed by atoms with Crippen LogP contribution in [0.4, 0.5) is 4.79 Å². The van der Waals surface area contributed by atoms with Crippen LogP contribution in [-0.4, -0.2) is 202 Å². The van der Waals surface area contributed by atoms with Gasteiger partial charge in [-0.25, -0.2) is 14.6 Å². The molecule has 0 radical (unpaired) electrons. The first-order valence-corrected chi connectivity index (χ1v) is 25.6. The summed E-state index contributed by atoms with van der Waals surface area (Å²) in [4.78, 5) is 65.5. The fourth-order valence-electron chi connectivity index (χ4n) is 6.89. The Morgan fingerprint density at radius 3 is 1.82 bits per heavy atom. The van der Waals surface area contributed by atoms with Crippen molar-refractivity contribution >= 4 is 41.5 Å². The van der Waals surface area contributed by atoms with E-state index in [1.165, 1.54) is 25.4 Å². The quantitative estimate of drug-likeness (QED) is 0.0365. The highest BCUT2D eigenvalue weighted by Crippen LogP contribution is 2.33. The summed E-state index contributed by atoms with van der Waals surface area (Å²) in [6.45, 7) is 13.0. The van der Waals surface area contributed by atoms with Crippen molar-refractivity contribution < 1.29 is 76.1 Å². The third-order valence-electron chi connectivity index (χ3n) is 10.6. The number of carbonyl (C=O) groups excluding carboxylic acids is 5. The van der Waals surface area contributed by atoms with E-state index in [1.54, 1.807) is 24.3 Å². The molecule has 5 N–H and O–H groups in total. The summed E-state index contributed by atoms with van der Waals surface area (Å²) in [7, 11) is 1.24. The Balaban J connectivity index is 0.849. The van der Waals surface area contributed by atoms with Crippen LogP contribution >= 0.6 is 11.8 Å². The maximum Gasteiger partial charge on any atom is 0.330 e. The highest BCUT2D eigenvalue weighted by molar-refractivity contribution is 8.00. The number of benzene rings is 1. The SMILES string of the molecule is COC(=O)[C@H](COC(C)(C)C)NC(=O)c1ccc(Oc2cccc(C(=O)NCCOCCOCCOCCOCCOCCOCCOCCOCCNC(=O)CCCC[C@@H]3SC[C@@H]4NC(=O)N[C@@H]43)c2)nc1. The fraction of sp³-hybridized carbons (Fsp3) is 0.673. The lowest BCUT2D eigenvalue weighted by molar-refractivity contribution is -0.146. The number of hydrogen-bond acceptors (Lipinski definition) is 18. The highest BCUT2D eigenvalue weighted by atomic mass is 32.2. The van der Waals surface area contributed by atoms with Crippen LogP contribution in [0.2, 0.25) is 0 Å². The molecule has 1 aromatic carbocycles. The molecule has 2 saturated heterocycles. The second-order valence-corrected chi connectivity index (χ2v) is 18.6. The van der Waals surface area contributed by atoms with Crippen molar-refractivity contribution in [1.29, 1.82) is 0 Å². The predicted molar refractivity (Wildman–Crippen MR) is 266 cm³/mol. The Labute approximate surface area is 426 Å². The van der Waals surface area contributed by atoms with Crippen LogP contribution in [-0.2, 0) is 57.0 Å². The molecule has 4 atom stereocenters. The summed E-state index contributed by atoms with van der Waals surface area (Å²) in [6, 6.07) is 8.97. The summed E-state index contributed by atoms with van der Waals surface area (Å²) >= 11 is 1.89. The monoisotopic (exact) mass is 1040 g/mol. The summed E-state index contributed by atoms with van der Waals surface area (Å²) in [5.74, 6) is 0.0794. The van der Waals surface area contributed by atoms with Gasteiger partial charge in [-0.2, -0.15) is 11.8 Å². The number of urea groups is 1. The summed E-state index contributed by atoms with van der Waals surface area (Å²) in [6.07, 6.45) is 4.60. The van der Waals surface area contributed by atoms with E-state index >= 15 is 0 Å². The molecule has 5 amide bonds. The number of methoxy groups -OCH3 is 1. The van der Waals surface area contributed by atoms with Gasteiger partial charge in [-0.1, -0.05) is 12.5 Å². The van der Waals surface area contributed by atoms with Crippen LogP contribution in [0.25, 0.3) is 0 Å². The molecular formula is C49H76N6O16S. The van der Waals surface area contributed by atoms with Crippen LogP contribution in [0, 0.1) is 0 Å². The number of fused-ring (bicyclic) bond motifs is 1. The van der Waals surface area contributed by atoms with Gasteiger partial charge in [0, 0.05) is 48.3 Å². The number of hydrogen-bond donors (Lipinski definition) is 5. The van der Waals surface area contributed by atoms with Crippen LogP contribution < -0.4 is 31.3 Å². The Morgan fingerprint density at radius 1 is 0.708 bits per heavy atom. The Morgan fingerprint density at radius 2 is 1.28 bits per heavy atom. The lowest BCUT2D eigenvalue weighted by atomic mass is 10.0. The van der Waals surface area contributed by atoms with Gasteiger partial charge in [0.25, 0.3) is 11.8 Å². The van der Waals surface area contributed by atoms with Gasteiger partial charge in [0.05, 0.1) is 143 Å². The second-order valence-electron chi connectivity index (χ2n) is 17.4. The maximum absolute atomic E-state index is 12.8. The minimum absolute atomic E-state index is 0.0294. The van der Waals surface area contributed by atoms with E-state index in [0.29, 0.717) is 142 Å². The Hall–Kier alpha value is -4.69. The average Bonchev–Trinajstić information content (AvgIpc) is 3.93. The van der Waals surface area contributed by atoms with Crippen LogP contribution in [0.3, 0.4) is 0 Å². The largest absolute Gasteiger partial charge is 0.467 e. The van der Waals surface area contributed by atoms with Crippen molar-refractivity contribution in [3.8, 4) is 11.6 Å². The van der Waals surface area contributed by atoms with Gasteiger partial charge < -0.3 is 78.7 Å². The minimum atomic E-state index is -1.000. The van der Waals surface area contributed by atoms with Gasteiger partial charge in [0.1, 0.15) is 5.75 Å². The fourth-order valence-corrected chi connectivity index (χ4v) is 8.43. The van der Waals surface area contributed by atoms with Gasteiger partial charge in [0.15, 0.2) is 6.04 Å². The number of amides is 5. The standard InChI is InChI=1S/C49H76N6O16S/c1-49(2,3)70-34-39(47(59)61-4)53-46(58)37-12-13-43(52-33-37)71-38-9-7-8-36(32-38)45(57)51-15-17-63-19-21-65-23-25-67-27-29-69-31-30-68-28-26-66-24-22-64-20-18-62-16-14-50-42(56)11-6-5-10-41-44-40(35-72-41)54-48(60)55-44/h7-9,12-13,32-33,39-41,44H,5-6,10-11,14-31,34-35H2,1-4H3,(H,50,56)(H,51,57)(H,53,58)(H2,54,55,60)/t39-,40-,41-,44-/m0/s1. The van der Waals surface area contributed by atoms with Gasteiger partial charge in [-0.05, 0) is 57.9 Å². The number of thioether (sulfide) groups is 1. The average molecular weight is 1040 g/mol. The number of carbonyl (C=O) groups is 5. The van der Waals surface area contributed by atoms with E-state index in [0.717, 1.165) is 25.0 Å². The number of nitrogens with one attached hydrogen (secondary N) is 5. The first-order chi connectivity index (χ1) is 34.9. The molecule has 2 aliphatic rings. The molecule has 0 saturated carbocycles. The van der Waals surface area contributed by atoms with Crippen LogP contribution in [0.5, 0.6) is 11.6 Å². The molecule has 2 aliphatic heterocycles. The Kier molecular flexibility index (Phi) is 29.5. The maximum atomic E-state index is 12.8. The number of esters is 1. The zero-order valence-corrected chi connectivity index (χ0v) is 43.0. The normalized spacial score (nSPS) is 16.6. The van der Waals surface area contributed by atoms with E-state index in [-0.39, 0.29) is 48.0 Å². The molecule has 2 aromatic rings. The van der Waals surface area contributed by atoms with Gasteiger partial charge >= 0.3 is 12.0 Å². The van der Waals surface area contributed by atoms with E-state index in [4.69, 9.17) is 52.1 Å². The number of unbranched alkanes of at least 4 members (excludes halogenated alkanes) is 1. The van der Waals surface area contributed by atoms with Gasteiger partial charge in [-0.15, -0.1) is 0 Å². The zero-order chi connectivity index (χ0) is 51.7. The van der Waals surface area contributed by atoms with E-state index in [1.807, 2.05) is 32.5 Å². The smallest absolute Gasteiger partial charge is 0.330 e. The van der Waals surface area contributed by atoms with E-state index in [9.17, 15) is 24.0 Å². The molecule has 22 nitrogen and oxygen atoms in total. The van der Waals surface area contributed by atoms with E-state index < -0.39 is 23.5 Å². The van der Waals surface area contributed by atoms with Crippen LogP contribution in [0.1, 0.15) is 67.2 Å². The molecule has 404 valence electrons. The van der Waals surface area contributed by atoms with Crippen molar-refractivity contribution in [3.63, 3.8) is 0 Å². The number of rotatable bonds is 40. The summed E-state index contributed by atoms with van der Waals surface area (Å²) in [5.41, 5.74) is 0.0652. The van der Waals surface area contributed by atoms with Crippen molar-refractivity contribution in [2.45, 2.75) is 75.4 Å². The predicted octanol–water partition coefficient (Wildman–Crippen LogP) is 2.67. The number of pyridine rings is 1. The van der Waals surface area contributed by atoms with Crippen molar-refractivity contribution in [2.75, 3.05) is 138 Å². The molecule has 0 bridgehead atoms. The molecule has 0 aliphatic carbocycles. The number of aromatic nitrogens is 1. The number of nitrogens with zero attached hydrogens (tertiary/aromatic N) is 1. The summed E-state index contributed by atoms with van der Waals surface area (Å²) in [5, 5.41) is 14.7. The molecule has 1 aromatic heterocycles. The molecule has 72 heavy (non-hydrogen) atoms. The molecule has 2 fully saturated rings. The van der Waals surface area contributed by atoms with Crippen molar-refractivity contribution in [1.82, 2.24) is 31.6 Å². The summed E-state index contributed by atoms with van der Waals surface area (Å²) < 4.78 is 60.4. The first kappa shape index (κ1) is 59.9.